The topological polar surface area (TPSA) is 48.5 Å². The number of aromatic nitrogens is 1. The Kier molecular flexibility index (Phi) is 4.93. The van der Waals surface area contributed by atoms with Crippen LogP contribution in [0.4, 0.5) is 15.9 Å². The molecule has 1 atom stereocenters. The summed E-state index contributed by atoms with van der Waals surface area (Å²) in [5, 5.41) is 2.81. The summed E-state index contributed by atoms with van der Waals surface area (Å²) in [6.45, 7) is 3.89. The van der Waals surface area contributed by atoms with Crippen molar-refractivity contribution in [1.29, 1.82) is 0 Å². The van der Waals surface area contributed by atoms with E-state index in [-0.39, 0.29) is 11.7 Å². The lowest BCUT2D eigenvalue weighted by atomic mass is 10.1. The fraction of sp³-hybridized carbons (Fsp3) is 0.250. The summed E-state index contributed by atoms with van der Waals surface area (Å²) in [5.41, 5.74) is 3.54. The molecule has 2 aliphatic heterocycles. The molecule has 1 unspecified atom stereocenters. The molecule has 1 fully saturated rings. The standard InChI is InChI=1S/C24H23FN4O/c25-20-6-8-21(9-7-20)27-24(30)19-12-18-13-22-16-28(15-17-4-2-1-3-5-17)10-11-29(22)23(18)26-14-19/h1-9,12,14,22H,10-11,13,15-16H2,(H,27,30). The molecule has 1 saturated heterocycles. The predicted molar refractivity (Wildman–Crippen MR) is 115 cm³/mol. The number of anilines is 2. The Bertz CT molecular complexity index is 1050. The van der Waals surface area contributed by atoms with Crippen LogP contribution in [0.5, 0.6) is 0 Å². The first-order valence-electron chi connectivity index (χ1n) is 10.2. The molecule has 1 aromatic heterocycles. The second-order valence-corrected chi connectivity index (χ2v) is 7.94. The van der Waals surface area contributed by atoms with Gasteiger partial charge in [0.1, 0.15) is 11.6 Å². The number of hydrogen-bond acceptors (Lipinski definition) is 4. The second kappa shape index (κ2) is 7.88. The van der Waals surface area contributed by atoms with Crippen LogP contribution in [0, 0.1) is 5.82 Å². The summed E-state index contributed by atoms with van der Waals surface area (Å²) in [6, 6.07) is 18.6. The number of pyridine rings is 1. The maximum Gasteiger partial charge on any atom is 0.257 e. The molecule has 2 aliphatic rings. The summed E-state index contributed by atoms with van der Waals surface area (Å²) in [4.78, 5) is 22.1. The highest BCUT2D eigenvalue weighted by Gasteiger charge is 2.35. The molecule has 0 saturated carbocycles. The van der Waals surface area contributed by atoms with Gasteiger partial charge in [-0.3, -0.25) is 9.69 Å². The molecule has 3 aromatic rings. The minimum absolute atomic E-state index is 0.229. The van der Waals surface area contributed by atoms with Gasteiger partial charge in [0.25, 0.3) is 5.91 Å². The van der Waals surface area contributed by atoms with Gasteiger partial charge in [0, 0.05) is 44.1 Å². The average Bonchev–Trinajstić information content (AvgIpc) is 3.13. The molecule has 0 bridgehead atoms. The summed E-state index contributed by atoms with van der Waals surface area (Å²) in [6.07, 6.45) is 2.53. The lowest BCUT2D eigenvalue weighted by Crippen LogP contribution is -2.51. The third-order valence-corrected chi connectivity index (χ3v) is 5.85. The first-order valence-corrected chi connectivity index (χ1v) is 10.2. The largest absolute Gasteiger partial charge is 0.350 e. The molecule has 0 spiro atoms. The minimum atomic E-state index is -0.329. The number of fused-ring (bicyclic) bond motifs is 3. The Morgan fingerprint density at radius 3 is 2.70 bits per heavy atom. The number of piperazine rings is 1. The zero-order valence-electron chi connectivity index (χ0n) is 16.6. The van der Waals surface area contributed by atoms with Gasteiger partial charge in [-0.1, -0.05) is 30.3 Å². The van der Waals surface area contributed by atoms with E-state index in [4.69, 9.17) is 0 Å². The quantitative estimate of drug-likeness (QED) is 0.723. The van der Waals surface area contributed by atoms with Crippen molar-refractivity contribution in [2.24, 2.45) is 0 Å². The smallest absolute Gasteiger partial charge is 0.257 e. The first kappa shape index (κ1) is 18.8. The third-order valence-electron chi connectivity index (χ3n) is 5.85. The van der Waals surface area contributed by atoms with Crippen LogP contribution in [-0.2, 0) is 13.0 Å². The van der Waals surface area contributed by atoms with Crippen molar-refractivity contribution in [2.75, 3.05) is 29.9 Å². The summed E-state index contributed by atoms with van der Waals surface area (Å²) < 4.78 is 13.1. The van der Waals surface area contributed by atoms with Crippen LogP contribution >= 0.6 is 0 Å². The van der Waals surface area contributed by atoms with Gasteiger partial charge in [-0.05, 0) is 47.9 Å². The summed E-state index contributed by atoms with van der Waals surface area (Å²) in [7, 11) is 0. The third kappa shape index (κ3) is 3.78. The summed E-state index contributed by atoms with van der Waals surface area (Å²) >= 11 is 0. The Morgan fingerprint density at radius 2 is 1.90 bits per heavy atom. The molecular weight excluding hydrogens is 379 g/mol. The molecule has 5 rings (SSSR count). The van der Waals surface area contributed by atoms with Crippen molar-refractivity contribution in [2.45, 2.75) is 19.0 Å². The van der Waals surface area contributed by atoms with Crippen LogP contribution in [-0.4, -0.2) is 41.5 Å². The average molecular weight is 402 g/mol. The van der Waals surface area contributed by atoms with Crippen LogP contribution in [0.3, 0.4) is 0 Å². The number of rotatable bonds is 4. The van der Waals surface area contributed by atoms with E-state index in [9.17, 15) is 9.18 Å². The SMILES string of the molecule is O=C(Nc1ccc(F)cc1)c1cnc2c(c1)CC1CN(Cc3ccccc3)CCN21. The van der Waals surface area contributed by atoms with Crippen molar-refractivity contribution >= 4 is 17.4 Å². The van der Waals surface area contributed by atoms with Crippen molar-refractivity contribution < 1.29 is 9.18 Å². The molecule has 1 N–H and O–H groups in total. The van der Waals surface area contributed by atoms with Crippen LogP contribution in [0.25, 0.3) is 0 Å². The van der Waals surface area contributed by atoms with Gasteiger partial charge in [-0.2, -0.15) is 0 Å². The Morgan fingerprint density at radius 1 is 1.10 bits per heavy atom. The van der Waals surface area contributed by atoms with Gasteiger partial charge in [0.15, 0.2) is 0 Å². The molecule has 0 radical (unpaired) electrons. The van der Waals surface area contributed by atoms with Gasteiger partial charge >= 0.3 is 0 Å². The highest BCUT2D eigenvalue weighted by atomic mass is 19.1. The number of halogens is 1. The van der Waals surface area contributed by atoms with E-state index in [1.807, 2.05) is 12.1 Å². The number of amides is 1. The Labute approximate surface area is 175 Å². The molecule has 1 amide bonds. The van der Waals surface area contributed by atoms with Crippen molar-refractivity contribution in [1.82, 2.24) is 9.88 Å². The maximum atomic E-state index is 13.1. The van der Waals surface area contributed by atoms with E-state index in [1.165, 1.54) is 17.7 Å². The van der Waals surface area contributed by atoms with E-state index in [0.717, 1.165) is 44.0 Å². The van der Waals surface area contributed by atoms with Gasteiger partial charge < -0.3 is 10.2 Å². The fourth-order valence-corrected chi connectivity index (χ4v) is 4.38. The van der Waals surface area contributed by atoms with Crippen LogP contribution in [0.2, 0.25) is 0 Å². The molecule has 30 heavy (non-hydrogen) atoms. The maximum absolute atomic E-state index is 13.1. The highest BCUT2D eigenvalue weighted by Crippen LogP contribution is 2.33. The zero-order valence-corrected chi connectivity index (χ0v) is 16.6. The van der Waals surface area contributed by atoms with Gasteiger partial charge in [-0.15, -0.1) is 0 Å². The van der Waals surface area contributed by atoms with Crippen molar-refractivity contribution in [3.05, 3.63) is 89.4 Å². The monoisotopic (exact) mass is 402 g/mol. The van der Waals surface area contributed by atoms with Crippen molar-refractivity contribution in [3.63, 3.8) is 0 Å². The molecule has 2 aromatic carbocycles. The molecule has 5 nitrogen and oxygen atoms in total. The fourth-order valence-electron chi connectivity index (χ4n) is 4.38. The van der Waals surface area contributed by atoms with Crippen LogP contribution < -0.4 is 10.2 Å². The molecule has 152 valence electrons. The number of carbonyl (C=O) groups excluding carboxylic acids is 1. The molecular formula is C24H23FN4O. The zero-order chi connectivity index (χ0) is 20.5. The van der Waals surface area contributed by atoms with Crippen molar-refractivity contribution in [3.8, 4) is 0 Å². The van der Waals surface area contributed by atoms with Crippen LogP contribution in [0.15, 0.2) is 66.9 Å². The van der Waals surface area contributed by atoms with E-state index >= 15 is 0 Å². The number of nitrogens with one attached hydrogen (secondary N) is 1. The minimum Gasteiger partial charge on any atom is -0.350 e. The van der Waals surface area contributed by atoms with Gasteiger partial charge in [0.2, 0.25) is 0 Å². The van der Waals surface area contributed by atoms with E-state index < -0.39 is 0 Å². The number of carbonyl (C=O) groups is 1. The number of benzene rings is 2. The molecule has 6 heteroatoms. The molecule has 0 aliphatic carbocycles. The predicted octanol–water partition coefficient (Wildman–Crippen LogP) is 3.72. The van der Waals surface area contributed by atoms with E-state index in [2.05, 4.69) is 44.4 Å². The summed E-state index contributed by atoms with van der Waals surface area (Å²) in [5.74, 6) is 0.440. The normalized spacial score (nSPS) is 18.0. The Hall–Kier alpha value is -3.25. The molecule has 3 heterocycles. The van der Waals surface area contributed by atoms with E-state index in [0.29, 0.717) is 17.3 Å². The van der Waals surface area contributed by atoms with Crippen LogP contribution in [0.1, 0.15) is 21.5 Å². The van der Waals surface area contributed by atoms with Gasteiger partial charge in [0.05, 0.1) is 5.56 Å². The highest BCUT2D eigenvalue weighted by molar-refractivity contribution is 6.04. The second-order valence-electron chi connectivity index (χ2n) is 7.94. The first-order chi connectivity index (χ1) is 14.7. The lowest BCUT2D eigenvalue weighted by molar-refractivity contribution is 0.102. The number of nitrogens with zero attached hydrogens (tertiary/aromatic N) is 3. The lowest BCUT2D eigenvalue weighted by Gasteiger charge is -2.38. The van der Waals surface area contributed by atoms with Gasteiger partial charge in [-0.25, -0.2) is 9.37 Å². The Balaban J connectivity index is 1.27. The van der Waals surface area contributed by atoms with E-state index in [1.54, 1.807) is 18.3 Å². The number of hydrogen-bond donors (Lipinski definition) is 1.